The summed E-state index contributed by atoms with van der Waals surface area (Å²) in [6.07, 6.45) is 4.12. The summed E-state index contributed by atoms with van der Waals surface area (Å²) >= 11 is 0. The summed E-state index contributed by atoms with van der Waals surface area (Å²) in [4.78, 5) is 7.09. The Labute approximate surface area is 109 Å². The van der Waals surface area contributed by atoms with Crippen molar-refractivity contribution in [1.82, 2.24) is 4.98 Å². The average molecular weight is 246 g/mol. The number of piperidine rings is 1. The number of pyridine rings is 1. The van der Waals surface area contributed by atoms with Gasteiger partial charge < -0.3 is 10.0 Å². The van der Waals surface area contributed by atoms with Gasteiger partial charge in [-0.3, -0.25) is 0 Å². The van der Waals surface area contributed by atoms with Gasteiger partial charge in [0.25, 0.3) is 0 Å². The maximum absolute atomic E-state index is 9.20. The molecule has 0 spiro atoms. The molecule has 0 bridgehead atoms. The van der Waals surface area contributed by atoms with Crippen molar-refractivity contribution < 1.29 is 5.11 Å². The van der Waals surface area contributed by atoms with E-state index in [1.54, 1.807) is 0 Å². The standard InChI is InChI=1S/C15H22N2O/c1-3-10-5-11(4-2)15(16-6-10)17-7-12-13(8-17)14(12)9-18/h5-6,12-14,18H,3-4,7-9H2,1-2H3. The molecule has 2 atom stereocenters. The number of anilines is 1. The third kappa shape index (κ3) is 1.81. The van der Waals surface area contributed by atoms with E-state index in [4.69, 9.17) is 0 Å². The van der Waals surface area contributed by atoms with Crippen molar-refractivity contribution in [2.75, 3.05) is 24.6 Å². The SMILES string of the molecule is CCc1cnc(N2CC3C(CO)C3C2)c(CC)c1. The summed E-state index contributed by atoms with van der Waals surface area (Å²) < 4.78 is 0. The van der Waals surface area contributed by atoms with E-state index in [9.17, 15) is 5.11 Å². The predicted molar refractivity (Wildman–Crippen MR) is 72.8 cm³/mol. The molecule has 98 valence electrons. The minimum Gasteiger partial charge on any atom is -0.396 e. The predicted octanol–water partition coefficient (Wildman–Crippen LogP) is 1.88. The minimum atomic E-state index is 0.367. The molecular weight excluding hydrogens is 224 g/mol. The number of aryl methyl sites for hydroxylation is 2. The highest BCUT2D eigenvalue weighted by atomic mass is 16.3. The van der Waals surface area contributed by atoms with Crippen molar-refractivity contribution in [2.45, 2.75) is 26.7 Å². The third-order valence-electron chi connectivity index (χ3n) is 4.67. The van der Waals surface area contributed by atoms with Gasteiger partial charge in [0.05, 0.1) is 0 Å². The molecule has 2 fully saturated rings. The zero-order chi connectivity index (χ0) is 12.7. The summed E-state index contributed by atoms with van der Waals surface area (Å²) in [6.45, 7) is 6.91. The van der Waals surface area contributed by atoms with Crippen LogP contribution >= 0.6 is 0 Å². The minimum absolute atomic E-state index is 0.367. The van der Waals surface area contributed by atoms with Gasteiger partial charge in [0, 0.05) is 25.9 Å². The van der Waals surface area contributed by atoms with Gasteiger partial charge in [-0.2, -0.15) is 0 Å². The molecule has 0 amide bonds. The van der Waals surface area contributed by atoms with E-state index in [2.05, 4.69) is 29.8 Å². The van der Waals surface area contributed by atoms with Crippen LogP contribution in [0.15, 0.2) is 12.3 Å². The Hall–Kier alpha value is -1.09. The average Bonchev–Trinajstić information content (AvgIpc) is 2.89. The van der Waals surface area contributed by atoms with Crippen LogP contribution in [0.5, 0.6) is 0 Å². The van der Waals surface area contributed by atoms with Crippen LogP contribution in [0.4, 0.5) is 5.82 Å². The molecule has 2 aliphatic rings. The van der Waals surface area contributed by atoms with Crippen LogP contribution in [0.3, 0.4) is 0 Å². The van der Waals surface area contributed by atoms with Crippen LogP contribution in [-0.2, 0) is 12.8 Å². The Morgan fingerprint density at radius 3 is 2.56 bits per heavy atom. The van der Waals surface area contributed by atoms with Crippen molar-refractivity contribution >= 4 is 5.82 Å². The number of aliphatic hydroxyl groups is 1. The molecule has 1 aliphatic heterocycles. The summed E-state index contributed by atoms with van der Waals surface area (Å²) in [5, 5.41) is 9.20. The molecule has 1 aromatic rings. The van der Waals surface area contributed by atoms with Crippen LogP contribution in [0.2, 0.25) is 0 Å². The summed E-state index contributed by atoms with van der Waals surface area (Å²) in [6, 6.07) is 2.30. The fraction of sp³-hybridized carbons (Fsp3) is 0.667. The van der Waals surface area contributed by atoms with Crippen molar-refractivity contribution in [3.63, 3.8) is 0 Å². The molecule has 3 rings (SSSR count). The smallest absolute Gasteiger partial charge is 0.131 e. The second-order valence-corrected chi connectivity index (χ2v) is 5.61. The lowest BCUT2D eigenvalue weighted by atomic mass is 10.1. The van der Waals surface area contributed by atoms with Gasteiger partial charge in [-0.25, -0.2) is 4.98 Å². The van der Waals surface area contributed by atoms with Gasteiger partial charge in [-0.1, -0.05) is 19.9 Å². The van der Waals surface area contributed by atoms with E-state index < -0.39 is 0 Å². The first-order valence-corrected chi connectivity index (χ1v) is 7.12. The first kappa shape index (κ1) is 12.0. The van der Waals surface area contributed by atoms with Crippen LogP contribution in [-0.4, -0.2) is 29.8 Å². The van der Waals surface area contributed by atoms with Gasteiger partial charge in [0.2, 0.25) is 0 Å². The molecule has 1 aromatic heterocycles. The molecule has 3 heteroatoms. The highest BCUT2D eigenvalue weighted by Crippen LogP contribution is 2.52. The molecule has 1 saturated carbocycles. The molecule has 3 nitrogen and oxygen atoms in total. The zero-order valence-corrected chi connectivity index (χ0v) is 11.3. The van der Waals surface area contributed by atoms with Crippen molar-refractivity contribution in [3.8, 4) is 0 Å². The molecular formula is C15H22N2O. The van der Waals surface area contributed by atoms with Gasteiger partial charge in [0.1, 0.15) is 5.82 Å². The lowest BCUT2D eigenvalue weighted by molar-refractivity contribution is 0.260. The number of nitrogens with zero attached hydrogens (tertiary/aromatic N) is 2. The lowest BCUT2D eigenvalue weighted by Crippen LogP contribution is -2.26. The first-order valence-electron chi connectivity index (χ1n) is 7.12. The topological polar surface area (TPSA) is 36.4 Å². The highest BCUT2D eigenvalue weighted by molar-refractivity contribution is 5.50. The fourth-order valence-corrected chi connectivity index (χ4v) is 3.38. The largest absolute Gasteiger partial charge is 0.396 e. The molecule has 2 heterocycles. The van der Waals surface area contributed by atoms with Crippen molar-refractivity contribution in [1.29, 1.82) is 0 Å². The fourth-order valence-electron chi connectivity index (χ4n) is 3.38. The molecule has 0 aromatic carbocycles. The number of rotatable bonds is 4. The summed E-state index contributed by atoms with van der Waals surface area (Å²) in [7, 11) is 0. The molecule has 1 aliphatic carbocycles. The van der Waals surface area contributed by atoms with Crippen molar-refractivity contribution in [2.24, 2.45) is 17.8 Å². The lowest BCUT2D eigenvalue weighted by Gasteiger charge is -2.23. The molecule has 1 saturated heterocycles. The quantitative estimate of drug-likeness (QED) is 0.881. The summed E-state index contributed by atoms with van der Waals surface area (Å²) in [5.41, 5.74) is 2.70. The molecule has 2 unspecified atom stereocenters. The number of hydrogen-bond donors (Lipinski definition) is 1. The first-order chi connectivity index (χ1) is 8.78. The van der Waals surface area contributed by atoms with Gasteiger partial charge in [-0.05, 0) is 41.7 Å². The van der Waals surface area contributed by atoms with E-state index in [1.807, 2.05) is 6.20 Å². The van der Waals surface area contributed by atoms with Gasteiger partial charge >= 0.3 is 0 Å². The number of aromatic nitrogens is 1. The Balaban J connectivity index is 1.78. The van der Waals surface area contributed by atoms with E-state index in [0.717, 1.165) is 25.9 Å². The monoisotopic (exact) mass is 246 g/mol. The highest BCUT2D eigenvalue weighted by Gasteiger charge is 2.55. The zero-order valence-electron chi connectivity index (χ0n) is 11.3. The summed E-state index contributed by atoms with van der Waals surface area (Å²) in [5.74, 6) is 3.18. The van der Waals surface area contributed by atoms with Crippen LogP contribution in [0, 0.1) is 17.8 Å². The van der Waals surface area contributed by atoms with Gasteiger partial charge in [-0.15, -0.1) is 0 Å². The van der Waals surface area contributed by atoms with Crippen molar-refractivity contribution in [3.05, 3.63) is 23.4 Å². The van der Waals surface area contributed by atoms with E-state index in [-0.39, 0.29) is 0 Å². The van der Waals surface area contributed by atoms with Crippen LogP contribution in [0.1, 0.15) is 25.0 Å². The van der Waals surface area contributed by atoms with Crippen LogP contribution in [0.25, 0.3) is 0 Å². The van der Waals surface area contributed by atoms with Crippen LogP contribution < -0.4 is 4.90 Å². The molecule has 1 N–H and O–H groups in total. The molecule has 0 radical (unpaired) electrons. The maximum atomic E-state index is 9.20. The number of fused-ring (bicyclic) bond motifs is 1. The maximum Gasteiger partial charge on any atom is 0.131 e. The molecule has 18 heavy (non-hydrogen) atoms. The van der Waals surface area contributed by atoms with E-state index in [0.29, 0.717) is 24.4 Å². The number of hydrogen-bond acceptors (Lipinski definition) is 3. The number of aliphatic hydroxyl groups excluding tert-OH is 1. The van der Waals surface area contributed by atoms with E-state index >= 15 is 0 Å². The van der Waals surface area contributed by atoms with E-state index in [1.165, 1.54) is 16.9 Å². The Kier molecular flexibility index (Phi) is 3.02. The normalized spacial score (nSPS) is 29.5. The Morgan fingerprint density at radius 1 is 1.28 bits per heavy atom. The second kappa shape index (κ2) is 4.54. The Bertz CT molecular complexity index is 434. The third-order valence-corrected chi connectivity index (χ3v) is 4.67. The van der Waals surface area contributed by atoms with Gasteiger partial charge in [0.15, 0.2) is 0 Å². The Morgan fingerprint density at radius 2 is 2.00 bits per heavy atom. The second-order valence-electron chi connectivity index (χ2n) is 5.61.